The summed E-state index contributed by atoms with van der Waals surface area (Å²) < 4.78 is 5.34. The molecule has 4 rings (SSSR count). The summed E-state index contributed by atoms with van der Waals surface area (Å²) in [6.45, 7) is 3.49. The molecule has 0 aliphatic heterocycles. The van der Waals surface area contributed by atoms with Gasteiger partial charge in [0.1, 0.15) is 5.52 Å². The molecule has 0 aliphatic carbocycles. The summed E-state index contributed by atoms with van der Waals surface area (Å²) in [4.78, 5) is 16.2. The second kappa shape index (κ2) is 5.06. The van der Waals surface area contributed by atoms with E-state index in [1.54, 1.807) is 6.07 Å². The van der Waals surface area contributed by atoms with E-state index in [0.29, 0.717) is 5.75 Å². The van der Waals surface area contributed by atoms with Gasteiger partial charge in [-0.3, -0.25) is 4.79 Å². The number of nitrogens with zero attached hydrogens (tertiary/aromatic N) is 1. The monoisotopic (exact) mass is 301 g/mol. The molecule has 0 radical (unpaired) electrons. The first-order valence-corrected chi connectivity index (χ1v) is 7.54. The Morgan fingerprint density at radius 1 is 0.870 bits per heavy atom. The van der Waals surface area contributed by atoms with E-state index in [-0.39, 0.29) is 5.97 Å². The fourth-order valence-corrected chi connectivity index (χ4v) is 3.11. The van der Waals surface area contributed by atoms with Crippen LogP contribution in [-0.2, 0) is 4.79 Å². The zero-order valence-corrected chi connectivity index (χ0v) is 13.0. The van der Waals surface area contributed by atoms with Gasteiger partial charge in [-0.1, -0.05) is 48.5 Å². The van der Waals surface area contributed by atoms with E-state index in [1.165, 1.54) is 6.92 Å². The maximum Gasteiger partial charge on any atom is 0.308 e. The standard InChI is InChI=1S/C20H15NO2/c1-12-15-8-5-9-18(23-13(2)22)20(15)21-19-16(12)11-10-14-6-3-4-7-17(14)19/h3-11H,1-2H3. The van der Waals surface area contributed by atoms with E-state index >= 15 is 0 Å². The molecule has 0 bridgehead atoms. The highest BCUT2D eigenvalue weighted by Gasteiger charge is 2.12. The van der Waals surface area contributed by atoms with Crippen LogP contribution in [-0.4, -0.2) is 11.0 Å². The van der Waals surface area contributed by atoms with Crippen LogP contribution in [0.4, 0.5) is 0 Å². The summed E-state index contributed by atoms with van der Waals surface area (Å²) in [5, 5.41) is 4.38. The number of ether oxygens (including phenoxy) is 1. The third-order valence-electron chi connectivity index (χ3n) is 4.18. The van der Waals surface area contributed by atoms with Crippen LogP contribution in [0.15, 0.2) is 54.6 Å². The lowest BCUT2D eigenvalue weighted by Crippen LogP contribution is -2.02. The number of carbonyl (C=O) groups excluding carboxylic acids is 1. The first kappa shape index (κ1) is 13.7. The molecule has 0 amide bonds. The first-order chi connectivity index (χ1) is 11.1. The molecule has 3 heteroatoms. The summed E-state index contributed by atoms with van der Waals surface area (Å²) in [7, 11) is 0. The molecule has 0 unspecified atom stereocenters. The molecule has 0 saturated heterocycles. The number of carbonyl (C=O) groups is 1. The van der Waals surface area contributed by atoms with Crippen molar-refractivity contribution in [2.24, 2.45) is 0 Å². The van der Waals surface area contributed by atoms with E-state index in [4.69, 9.17) is 9.72 Å². The minimum atomic E-state index is -0.338. The number of hydrogen-bond acceptors (Lipinski definition) is 3. The average molecular weight is 301 g/mol. The quantitative estimate of drug-likeness (QED) is 0.220. The smallest absolute Gasteiger partial charge is 0.308 e. The summed E-state index contributed by atoms with van der Waals surface area (Å²) in [6.07, 6.45) is 0. The molecule has 0 spiro atoms. The molecule has 0 N–H and O–H groups in total. The number of aryl methyl sites for hydroxylation is 1. The summed E-state index contributed by atoms with van der Waals surface area (Å²) in [5.41, 5.74) is 2.81. The molecule has 3 aromatic carbocycles. The van der Waals surface area contributed by atoms with Crippen molar-refractivity contribution < 1.29 is 9.53 Å². The van der Waals surface area contributed by atoms with Gasteiger partial charge < -0.3 is 4.74 Å². The van der Waals surface area contributed by atoms with Crippen LogP contribution >= 0.6 is 0 Å². The minimum absolute atomic E-state index is 0.338. The fraction of sp³-hybridized carbons (Fsp3) is 0.100. The van der Waals surface area contributed by atoms with Gasteiger partial charge in [0.25, 0.3) is 0 Å². The topological polar surface area (TPSA) is 39.2 Å². The number of hydrogen-bond donors (Lipinski definition) is 0. The molecule has 3 nitrogen and oxygen atoms in total. The predicted octanol–water partition coefficient (Wildman–Crippen LogP) is 4.77. The molecule has 4 aromatic rings. The highest BCUT2D eigenvalue weighted by Crippen LogP contribution is 2.34. The Labute approximate surface area is 133 Å². The maximum absolute atomic E-state index is 11.4. The molecular formula is C20H15NO2. The normalized spacial score (nSPS) is 11.2. The number of rotatable bonds is 1. The summed E-state index contributed by atoms with van der Waals surface area (Å²) in [6, 6.07) is 18.1. The van der Waals surface area contributed by atoms with Crippen molar-refractivity contribution in [3.8, 4) is 5.75 Å². The lowest BCUT2D eigenvalue weighted by Gasteiger charge is -2.12. The number of esters is 1. The number of fused-ring (bicyclic) bond motifs is 4. The second-order valence-corrected chi connectivity index (χ2v) is 5.67. The van der Waals surface area contributed by atoms with Gasteiger partial charge in [-0.05, 0) is 23.9 Å². The van der Waals surface area contributed by atoms with Crippen LogP contribution in [0, 0.1) is 6.92 Å². The highest BCUT2D eigenvalue weighted by molar-refractivity contribution is 6.11. The van der Waals surface area contributed by atoms with E-state index in [2.05, 4.69) is 31.2 Å². The van der Waals surface area contributed by atoms with Crippen molar-refractivity contribution in [1.82, 2.24) is 4.98 Å². The van der Waals surface area contributed by atoms with Gasteiger partial charge in [0.15, 0.2) is 5.75 Å². The summed E-state index contributed by atoms with van der Waals surface area (Å²) in [5.74, 6) is 0.169. The Hall–Kier alpha value is -2.94. The molecule has 23 heavy (non-hydrogen) atoms. The van der Waals surface area contributed by atoms with Gasteiger partial charge in [-0.2, -0.15) is 0 Å². The van der Waals surface area contributed by atoms with E-state index < -0.39 is 0 Å². The third-order valence-corrected chi connectivity index (χ3v) is 4.18. The van der Waals surface area contributed by atoms with Gasteiger partial charge >= 0.3 is 5.97 Å². The zero-order chi connectivity index (χ0) is 16.0. The Morgan fingerprint density at radius 2 is 1.61 bits per heavy atom. The van der Waals surface area contributed by atoms with Crippen LogP contribution in [0.1, 0.15) is 12.5 Å². The van der Waals surface area contributed by atoms with Crippen LogP contribution in [0.2, 0.25) is 0 Å². The molecule has 0 fully saturated rings. The Kier molecular flexibility index (Phi) is 3.01. The molecule has 0 atom stereocenters. The van der Waals surface area contributed by atoms with Crippen molar-refractivity contribution in [3.63, 3.8) is 0 Å². The molecule has 0 saturated carbocycles. The van der Waals surface area contributed by atoms with E-state index in [0.717, 1.165) is 38.1 Å². The van der Waals surface area contributed by atoms with Crippen LogP contribution in [0.5, 0.6) is 5.75 Å². The number of benzene rings is 3. The number of aromatic nitrogens is 1. The number of para-hydroxylation sites is 1. The molecule has 1 aromatic heterocycles. The van der Waals surface area contributed by atoms with Gasteiger partial charge in [0, 0.05) is 23.1 Å². The fourth-order valence-electron chi connectivity index (χ4n) is 3.11. The average Bonchev–Trinajstić information content (AvgIpc) is 2.55. The lowest BCUT2D eigenvalue weighted by molar-refractivity contribution is -0.131. The zero-order valence-electron chi connectivity index (χ0n) is 13.0. The highest BCUT2D eigenvalue weighted by atomic mass is 16.5. The van der Waals surface area contributed by atoms with Crippen molar-refractivity contribution in [1.29, 1.82) is 0 Å². The third kappa shape index (κ3) is 2.13. The van der Waals surface area contributed by atoms with Crippen LogP contribution < -0.4 is 4.74 Å². The van der Waals surface area contributed by atoms with Crippen molar-refractivity contribution in [2.45, 2.75) is 13.8 Å². The van der Waals surface area contributed by atoms with Gasteiger partial charge in [-0.25, -0.2) is 4.98 Å². The summed E-state index contributed by atoms with van der Waals surface area (Å²) >= 11 is 0. The predicted molar refractivity (Wildman–Crippen MR) is 92.8 cm³/mol. The van der Waals surface area contributed by atoms with Crippen molar-refractivity contribution >= 4 is 38.5 Å². The molecular weight excluding hydrogens is 286 g/mol. The van der Waals surface area contributed by atoms with Crippen LogP contribution in [0.3, 0.4) is 0 Å². The van der Waals surface area contributed by atoms with Gasteiger partial charge in [0.2, 0.25) is 0 Å². The molecule has 0 aliphatic rings. The maximum atomic E-state index is 11.4. The minimum Gasteiger partial charge on any atom is -0.424 e. The number of pyridine rings is 1. The Bertz CT molecular complexity index is 1080. The molecule has 1 heterocycles. The van der Waals surface area contributed by atoms with E-state index in [1.807, 2.05) is 24.3 Å². The SMILES string of the molecule is CC(=O)Oc1cccc2c(C)c3ccc4ccccc4c3nc12. The van der Waals surface area contributed by atoms with Crippen molar-refractivity contribution in [3.05, 3.63) is 60.2 Å². The van der Waals surface area contributed by atoms with E-state index in [9.17, 15) is 4.79 Å². The Balaban J connectivity index is 2.18. The van der Waals surface area contributed by atoms with Gasteiger partial charge in [0.05, 0.1) is 5.52 Å². The Morgan fingerprint density at radius 3 is 2.43 bits per heavy atom. The van der Waals surface area contributed by atoms with Crippen molar-refractivity contribution in [2.75, 3.05) is 0 Å². The first-order valence-electron chi connectivity index (χ1n) is 7.54. The lowest BCUT2D eigenvalue weighted by atomic mass is 9.99. The van der Waals surface area contributed by atoms with Crippen LogP contribution in [0.25, 0.3) is 32.6 Å². The largest absolute Gasteiger partial charge is 0.424 e. The molecule has 112 valence electrons. The van der Waals surface area contributed by atoms with Gasteiger partial charge in [-0.15, -0.1) is 0 Å². The second-order valence-electron chi connectivity index (χ2n) is 5.67.